The molecule has 0 spiro atoms. The summed E-state index contributed by atoms with van der Waals surface area (Å²) in [5.41, 5.74) is 0. The van der Waals surface area contributed by atoms with Gasteiger partial charge in [0.2, 0.25) is 0 Å². The predicted molar refractivity (Wildman–Crippen MR) is 185 cm³/mol. The van der Waals surface area contributed by atoms with E-state index < -0.39 is 39.1 Å². The van der Waals surface area contributed by atoms with Crippen LogP contribution in [0.4, 0.5) is 0 Å². The van der Waals surface area contributed by atoms with Gasteiger partial charge in [0.1, 0.15) is 6.61 Å². The second-order valence-corrected chi connectivity index (χ2v) is 10.2. The summed E-state index contributed by atoms with van der Waals surface area (Å²) in [7, 11) is -5.32. The van der Waals surface area contributed by atoms with Gasteiger partial charge < -0.3 is 34.5 Å². The van der Waals surface area contributed by atoms with Crippen LogP contribution in [-0.4, -0.2) is 31.3 Å². The summed E-state index contributed by atoms with van der Waals surface area (Å²) < 4.78 is 25.0. The third kappa shape index (κ3) is 40.3. The molecule has 0 saturated carbocycles. The number of carbonyl (C=O) groups excluding carboxylic acids is 2. The van der Waals surface area contributed by atoms with Crippen LogP contribution >= 0.6 is 7.82 Å². The number of carbonyl (C=O) groups is 2. The molecular formula is C33H64NNa2O8P. The van der Waals surface area contributed by atoms with Crippen molar-refractivity contribution >= 4 is 19.8 Å². The van der Waals surface area contributed by atoms with E-state index in [1.807, 2.05) is 0 Å². The van der Waals surface area contributed by atoms with E-state index in [1.165, 1.54) is 57.8 Å². The first-order valence-corrected chi connectivity index (χ1v) is 15.7. The van der Waals surface area contributed by atoms with E-state index in [2.05, 4.69) is 82.5 Å². The normalized spacial score (nSPS) is 9.42. The van der Waals surface area contributed by atoms with Gasteiger partial charge in [0.15, 0.2) is 6.10 Å². The van der Waals surface area contributed by atoms with Crippen molar-refractivity contribution in [2.45, 2.75) is 110 Å². The average Bonchev–Trinajstić information content (AvgIpc) is 2.95. The molecule has 0 unspecified atom stereocenters. The number of hydrogen-bond acceptors (Lipinski definition) is 9. The van der Waals surface area contributed by atoms with Crippen molar-refractivity contribution in [3.63, 3.8) is 0 Å². The maximum Gasteiger partial charge on any atom is 1.00 e. The molecule has 0 amide bonds. The molecule has 256 valence electrons. The van der Waals surface area contributed by atoms with Crippen LogP contribution in [0.2, 0.25) is 0 Å². The molecule has 0 bridgehead atoms. The van der Waals surface area contributed by atoms with E-state index in [0.29, 0.717) is 6.42 Å². The fourth-order valence-corrected chi connectivity index (χ4v) is 3.77. The van der Waals surface area contributed by atoms with Gasteiger partial charge in [-0.05, 0) is 72.5 Å². The first-order chi connectivity index (χ1) is 20.3. The first-order valence-electron chi connectivity index (χ1n) is 14.2. The Morgan fingerprint density at radius 2 is 1.11 bits per heavy atom. The van der Waals surface area contributed by atoms with Gasteiger partial charge in [-0.3, -0.25) is 4.79 Å². The van der Waals surface area contributed by atoms with Crippen molar-refractivity contribution < 1.29 is 113 Å². The summed E-state index contributed by atoms with van der Waals surface area (Å²) in [6.45, 7) is 2.54. The van der Waals surface area contributed by atoms with E-state index in [4.69, 9.17) is 9.47 Å². The molecule has 0 heterocycles. The number of unbranched alkanes of at least 4 members (excludes halogenated alkanes) is 12. The maximum atomic E-state index is 12.2. The van der Waals surface area contributed by atoms with Gasteiger partial charge in [-0.2, -0.15) is 0 Å². The Kier molecular flexibility index (Phi) is 41.1. The monoisotopic (exact) mass is 679 g/mol. The quantitative estimate of drug-likeness (QED) is 0.0488. The zero-order chi connectivity index (χ0) is 31.2. The van der Waals surface area contributed by atoms with Crippen LogP contribution in [0.25, 0.3) is 0 Å². The average molecular weight is 680 g/mol. The molecule has 9 nitrogen and oxygen atoms in total. The molecule has 1 atom stereocenters. The minimum atomic E-state index is -5.32. The Hall–Kier alpha value is -1.63. The third-order valence-corrected chi connectivity index (χ3v) is 5.92. The molecule has 0 aliphatic rings. The number of hydrogen-bond donors (Lipinski definition) is 1. The molecule has 0 aliphatic carbocycles. The Balaban J connectivity index is -0.0000000924. The van der Waals surface area contributed by atoms with Gasteiger partial charge in [-0.25, -0.2) is 4.79 Å². The van der Waals surface area contributed by atoms with Crippen LogP contribution in [0.1, 0.15) is 119 Å². The zero-order valence-corrected chi connectivity index (χ0v) is 32.2. The molecule has 0 aromatic carbocycles. The van der Waals surface area contributed by atoms with Crippen molar-refractivity contribution in [3.05, 3.63) is 0 Å². The number of phosphoric ester groups is 1. The summed E-state index contributed by atoms with van der Waals surface area (Å²) in [6.07, 6.45) is 13.9. The number of ether oxygens (including phenoxy) is 2. The van der Waals surface area contributed by atoms with E-state index in [9.17, 15) is 23.9 Å². The molecule has 45 heavy (non-hydrogen) atoms. The molecule has 3 N–H and O–H groups in total. The van der Waals surface area contributed by atoms with Crippen LogP contribution < -0.4 is 75.1 Å². The minimum Gasteiger partial charge on any atom is -0.790 e. The smallest absolute Gasteiger partial charge is 0.790 e. The molecule has 0 aliphatic heterocycles. The van der Waals surface area contributed by atoms with Gasteiger partial charge in [-0.1, -0.05) is 89.9 Å². The predicted octanol–water partition coefficient (Wildman–Crippen LogP) is 0.684. The van der Waals surface area contributed by atoms with Crippen LogP contribution in [-0.2, 0) is 28.2 Å². The summed E-state index contributed by atoms with van der Waals surface area (Å²) >= 11 is 0. The molecule has 0 radical (unpaired) electrons. The first kappa shape index (κ1) is 50.2. The van der Waals surface area contributed by atoms with Crippen LogP contribution in [0, 0.1) is 71.0 Å². The number of esters is 2. The van der Waals surface area contributed by atoms with Crippen molar-refractivity contribution in [2.75, 3.05) is 13.2 Å². The third-order valence-electron chi connectivity index (χ3n) is 5.45. The number of rotatable bonds is 20. The molecule has 0 saturated heterocycles. The molecule has 0 fully saturated rings. The zero-order valence-electron chi connectivity index (χ0n) is 27.3. The van der Waals surface area contributed by atoms with E-state index in [-0.39, 0.29) is 87.4 Å². The standard InChI is InChI=1S/C33H41O8P.H3N.2Na.11H2/c1-3-5-7-9-11-13-15-16-18-20-22-24-26-28-33(35)41-31(30-40-42(36,37)38)29-39-32(34)27-25-23-21-19-17-14-12-10-8-6-4-2;;;;;;;;;;;;;;/h31H,3,5,7,9,11,13,15-16,18,20,22,24,26,28-30H2,1-2H3,(H2,36,37,38);1H3;;;11*1H/q;;2*+1;;;;;;;;;;;/p-2/t31-;;;;;;;;;;;;;;/m1............../s1. The van der Waals surface area contributed by atoms with E-state index >= 15 is 0 Å². The number of phosphoric acid groups is 1. The van der Waals surface area contributed by atoms with Crippen molar-refractivity contribution in [3.8, 4) is 71.0 Å². The molecular weight excluding hydrogens is 615 g/mol. The Morgan fingerprint density at radius 1 is 0.689 bits per heavy atom. The van der Waals surface area contributed by atoms with Crippen molar-refractivity contribution in [2.24, 2.45) is 0 Å². The van der Waals surface area contributed by atoms with Gasteiger partial charge in [-0.15, -0.1) is 0 Å². The van der Waals surface area contributed by atoms with Gasteiger partial charge in [0.25, 0.3) is 0 Å². The topological polar surface area (TPSA) is 160 Å². The largest absolute Gasteiger partial charge is 1.00 e. The minimum absolute atomic E-state index is 0. The Morgan fingerprint density at radius 3 is 1.56 bits per heavy atom. The van der Waals surface area contributed by atoms with Gasteiger partial charge in [0, 0.05) is 28.0 Å². The summed E-state index contributed by atoms with van der Waals surface area (Å²) in [4.78, 5) is 45.6. The summed E-state index contributed by atoms with van der Waals surface area (Å²) in [5, 5.41) is 0. The Bertz CT molecular complexity index is 1290. The Labute approximate surface area is 331 Å². The van der Waals surface area contributed by atoms with Crippen LogP contribution in [0.3, 0.4) is 0 Å². The van der Waals surface area contributed by atoms with Crippen LogP contribution in [0.5, 0.6) is 0 Å². The summed E-state index contributed by atoms with van der Waals surface area (Å²) in [5.74, 6) is 27.1. The molecule has 0 aromatic heterocycles. The SMILES string of the molecule is CC#CC#CC#CC#CC#CC#CC(=O)OC[C@H](COP(=O)([O-])[O-])OC(=O)CCCCCCCCCCCCCCC.N.[HH].[HH].[HH].[HH].[HH].[HH].[HH].[HH].[HH].[HH].[HH].[Na+].[Na+]. The van der Waals surface area contributed by atoms with Crippen LogP contribution in [0.15, 0.2) is 0 Å². The van der Waals surface area contributed by atoms with E-state index in [1.54, 1.807) is 6.92 Å². The second-order valence-electron chi connectivity index (χ2n) is 9.07. The van der Waals surface area contributed by atoms with Gasteiger partial charge >= 0.3 is 71.1 Å². The summed E-state index contributed by atoms with van der Waals surface area (Å²) in [6, 6.07) is 0. The second kappa shape index (κ2) is 36.8. The van der Waals surface area contributed by atoms with Crippen molar-refractivity contribution in [1.82, 2.24) is 6.15 Å². The van der Waals surface area contributed by atoms with E-state index in [0.717, 1.165) is 19.3 Å². The van der Waals surface area contributed by atoms with Gasteiger partial charge in [0.05, 0.1) is 14.4 Å². The molecule has 0 aromatic rings. The fourth-order valence-electron chi connectivity index (χ4n) is 3.42. The van der Waals surface area contributed by atoms with Crippen molar-refractivity contribution in [1.29, 1.82) is 0 Å². The molecule has 0 rings (SSSR count). The molecule has 12 heteroatoms. The fraction of sp³-hybridized carbons (Fsp3) is 0.576. The maximum absolute atomic E-state index is 12.2.